The zero-order valence-corrected chi connectivity index (χ0v) is 20.8. The minimum atomic E-state index is 0.0453. The number of anilines is 1. The van der Waals surface area contributed by atoms with Crippen LogP contribution in [0, 0.1) is 6.92 Å². The van der Waals surface area contributed by atoms with Crippen LogP contribution in [-0.2, 0) is 11.2 Å². The lowest BCUT2D eigenvalue weighted by molar-refractivity contribution is 0.0598. The Morgan fingerprint density at radius 3 is 2.69 bits per heavy atom. The Balaban J connectivity index is 1.51. The molecule has 2 aromatic carbocycles. The van der Waals surface area contributed by atoms with Gasteiger partial charge >= 0.3 is 0 Å². The number of para-hydroxylation sites is 1. The van der Waals surface area contributed by atoms with E-state index in [1.807, 2.05) is 30.3 Å². The standard InChI is InChI=1S/C28H31N3O3S/c1-20-17-24-27(35-20)26(33)23-9-5-6-10-25(23)29-28(24)31-12-11-30(13-15-34-16-14-32)22(19-31)18-21-7-3-2-4-8-21/h2-10,17,22,32H,11-16,18-19H2,1H3/t22-/m0/s1. The Morgan fingerprint density at radius 1 is 1.06 bits per heavy atom. The van der Waals surface area contributed by atoms with E-state index >= 15 is 0 Å². The van der Waals surface area contributed by atoms with Gasteiger partial charge in [0.05, 0.1) is 30.0 Å². The van der Waals surface area contributed by atoms with Crippen LogP contribution in [0.4, 0.5) is 5.82 Å². The highest BCUT2D eigenvalue weighted by atomic mass is 32.1. The van der Waals surface area contributed by atoms with Gasteiger partial charge in [-0.1, -0.05) is 42.5 Å². The number of aryl methyl sites for hydroxylation is 1. The van der Waals surface area contributed by atoms with E-state index in [9.17, 15) is 4.79 Å². The van der Waals surface area contributed by atoms with Crippen LogP contribution in [0.5, 0.6) is 0 Å². The molecule has 2 aromatic heterocycles. The summed E-state index contributed by atoms with van der Waals surface area (Å²) in [5.41, 5.74) is 2.11. The number of nitrogens with zero attached hydrogens (tertiary/aromatic N) is 3. The maximum atomic E-state index is 13.4. The second kappa shape index (κ2) is 10.8. The van der Waals surface area contributed by atoms with E-state index in [1.165, 1.54) is 5.56 Å². The average Bonchev–Trinajstić information content (AvgIpc) is 3.23. The van der Waals surface area contributed by atoms with Crippen molar-refractivity contribution in [3.63, 3.8) is 0 Å². The van der Waals surface area contributed by atoms with Crippen LogP contribution >= 0.6 is 11.3 Å². The molecule has 35 heavy (non-hydrogen) atoms. The molecule has 0 saturated carbocycles. The quantitative estimate of drug-likeness (QED) is 0.379. The predicted octanol–water partition coefficient (Wildman–Crippen LogP) is 3.86. The molecule has 1 N–H and O–H groups in total. The molecule has 7 heteroatoms. The number of rotatable bonds is 8. The first-order valence-electron chi connectivity index (χ1n) is 12.2. The molecule has 0 amide bonds. The molecule has 1 saturated heterocycles. The van der Waals surface area contributed by atoms with E-state index in [-0.39, 0.29) is 18.1 Å². The number of aliphatic hydroxyl groups is 1. The van der Waals surface area contributed by atoms with E-state index in [0.29, 0.717) is 18.6 Å². The lowest BCUT2D eigenvalue weighted by atomic mass is 10.0. The molecule has 182 valence electrons. The van der Waals surface area contributed by atoms with Gasteiger partial charge < -0.3 is 14.7 Å². The second-order valence-electron chi connectivity index (χ2n) is 9.04. The van der Waals surface area contributed by atoms with Crippen molar-refractivity contribution in [3.8, 4) is 0 Å². The number of aromatic nitrogens is 1. The van der Waals surface area contributed by atoms with Crippen molar-refractivity contribution in [3.05, 3.63) is 81.3 Å². The van der Waals surface area contributed by atoms with Crippen LogP contribution in [0.25, 0.3) is 21.0 Å². The van der Waals surface area contributed by atoms with Gasteiger partial charge in [0, 0.05) is 47.9 Å². The van der Waals surface area contributed by atoms with Gasteiger partial charge in [0.2, 0.25) is 5.43 Å². The summed E-state index contributed by atoms with van der Waals surface area (Å²) in [5, 5.41) is 10.7. The molecule has 4 aromatic rings. The van der Waals surface area contributed by atoms with Crippen molar-refractivity contribution in [2.24, 2.45) is 0 Å². The highest BCUT2D eigenvalue weighted by Crippen LogP contribution is 2.32. The van der Waals surface area contributed by atoms with Gasteiger partial charge in [0.25, 0.3) is 0 Å². The number of thiophene rings is 1. The van der Waals surface area contributed by atoms with Crippen LogP contribution in [-0.4, -0.2) is 67.0 Å². The number of aliphatic hydroxyl groups excluding tert-OH is 1. The van der Waals surface area contributed by atoms with Gasteiger partial charge in [-0.25, -0.2) is 4.98 Å². The first-order valence-corrected chi connectivity index (χ1v) is 13.0. The summed E-state index contributed by atoms with van der Waals surface area (Å²) in [6.07, 6.45) is 0.926. The van der Waals surface area contributed by atoms with Crippen molar-refractivity contribution >= 4 is 38.1 Å². The zero-order valence-electron chi connectivity index (χ0n) is 20.0. The minimum Gasteiger partial charge on any atom is -0.394 e. The Kier molecular flexibility index (Phi) is 7.39. The molecule has 1 aliphatic heterocycles. The zero-order chi connectivity index (χ0) is 24.2. The van der Waals surface area contributed by atoms with Crippen molar-refractivity contribution < 1.29 is 9.84 Å². The van der Waals surface area contributed by atoms with Gasteiger partial charge in [-0.05, 0) is 37.1 Å². The highest BCUT2D eigenvalue weighted by Gasteiger charge is 2.29. The first-order chi connectivity index (χ1) is 17.1. The summed E-state index contributed by atoms with van der Waals surface area (Å²) in [6.45, 7) is 6.42. The summed E-state index contributed by atoms with van der Waals surface area (Å²) >= 11 is 1.56. The molecule has 0 aliphatic carbocycles. The Hall–Kier alpha value is -2.84. The highest BCUT2D eigenvalue weighted by molar-refractivity contribution is 7.19. The van der Waals surface area contributed by atoms with Gasteiger partial charge in [0.15, 0.2) is 0 Å². The number of benzene rings is 2. The second-order valence-corrected chi connectivity index (χ2v) is 10.3. The van der Waals surface area contributed by atoms with Gasteiger partial charge in [-0.3, -0.25) is 9.69 Å². The predicted molar refractivity (Wildman–Crippen MR) is 144 cm³/mol. The molecule has 0 radical (unpaired) electrons. The molecule has 0 unspecified atom stereocenters. The molecule has 1 aliphatic rings. The molecule has 3 heterocycles. The number of piperazine rings is 1. The molecule has 1 atom stereocenters. The lowest BCUT2D eigenvalue weighted by Gasteiger charge is -2.42. The number of hydrogen-bond acceptors (Lipinski definition) is 7. The van der Waals surface area contributed by atoms with Crippen LogP contribution in [0.1, 0.15) is 10.4 Å². The van der Waals surface area contributed by atoms with Crippen molar-refractivity contribution in [2.75, 3.05) is 50.9 Å². The SMILES string of the molecule is Cc1cc2c(N3CCN(CCOCCO)[C@@H](Cc4ccccc4)C3)nc3ccccc3c(=O)c2s1. The molecular weight excluding hydrogens is 458 g/mol. The molecule has 6 nitrogen and oxygen atoms in total. The Labute approximate surface area is 209 Å². The van der Waals surface area contributed by atoms with Crippen LogP contribution < -0.4 is 10.3 Å². The summed E-state index contributed by atoms with van der Waals surface area (Å²) in [5.74, 6) is 0.900. The Morgan fingerprint density at radius 2 is 1.86 bits per heavy atom. The number of fused-ring (bicyclic) bond motifs is 2. The van der Waals surface area contributed by atoms with Gasteiger partial charge in [-0.2, -0.15) is 0 Å². The first kappa shape index (κ1) is 23.9. The minimum absolute atomic E-state index is 0.0453. The maximum absolute atomic E-state index is 13.4. The molecular formula is C28H31N3O3S. The van der Waals surface area contributed by atoms with E-state index in [4.69, 9.17) is 14.8 Å². The van der Waals surface area contributed by atoms with E-state index < -0.39 is 0 Å². The Bertz CT molecular complexity index is 1360. The van der Waals surface area contributed by atoms with E-state index in [0.717, 1.165) is 58.9 Å². The van der Waals surface area contributed by atoms with E-state index in [1.54, 1.807) is 11.3 Å². The fourth-order valence-electron chi connectivity index (χ4n) is 4.96. The summed E-state index contributed by atoms with van der Waals surface area (Å²) in [7, 11) is 0. The van der Waals surface area contributed by atoms with Crippen molar-refractivity contribution in [2.45, 2.75) is 19.4 Å². The topological polar surface area (TPSA) is 65.9 Å². The van der Waals surface area contributed by atoms with E-state index in [2.05, 4.69) is 47.1 Å². The monoisotopic (exact) mass is 489 g/mol. The molecule has 0 bridgehead atoms. The third-order valence-corrected chi connectivity index (χ3v) is 7.70. The summed E-state index contributed by atoms with van der Waals surface area (Å²) in [4.78, 5) is 24.4. The van der Waals surface area contributed by atoms with Gasteiger partial charge in [-0.15, -0.1) is 11.3 Å². The fraction of sp³-hybridized carbons (Fsp3) is 0.357. The summed E-state index contributed by atoms with van der Waals surface area (Å²) in [6, 6.07) is 20.6. The van der Waals surface area contributed by atoms with Crippen molar-refractivity contribution in [1.29, 1.82) is 0 Å². The third-order valence-electron chi connectivity index (χ3n) is 6.65. The number of ether oxygens (including phenoxy) is 1. The van der Waals surface area contributed by atoms with Crippen LogP contribution in [0.3, 0.4) is 0 Å². The molecule has 1 fully saturated rings. The largest absolute Gasteiger partial charge is 0.394 e. The van der Waals surface area contributed by atoms with Crippen molar-refractivity contribution in [1.82, 2.24) is 9.88 Å². The molecule has 0 spiro atoms. The normalized spacial score (nSPS) is 16.9. The lowest BCUT2D eigenvalue weighted by Crippen LogP contribution is -2.55. The molecule has 5 rings (SSSR count). The summed E-state index contributed by atoms with van der Waals surface area (Å²) < 4.78 is 6.36. The average molecular weight is 490 g/mol. The fourth-order valence-corrected chi connectivity index (χ4v) is 5.92. The van der Waals surface area contributed by atoms with Crippen LogP contribution in [0.2, 0.25) is 0 Å². The van der Waals surface area contributed by atoms with Crippen LogP contribution in [0.15, 0.2) is 65.5 Å². The number of hydrogen-bond donors (Lipinski definition) is 1. The maximum Gasteiger partial charge on any atom is 0.205 e. The third kappa shape index (κ3) is 5.23. The van der Waals surface area contributed by atoms with Gasteiger partial charge in [0.1, 0.15) is 5.82 Å². The smallest absolute Gasteiger partial charge is 0.205 e.